The van der Waals surface area contributed by atoms with E-state index in [9.17, 15) is 9.59 Å². The van der Waals surface area contributed by atoms with Crippen molar-refractivity contribution in [2.45, 2.75) is 40.2 Å². The van der Waals surface area contributed by atoms with E-state index in [1.165, 1.54) is 15.9 Å². The lowest BCUT2D eigenvalue weighted by Gasteiger charge is -2.08. The van der Waals surface area contributed by atoms with E-state index in [4.69, 9.17) is 17.0 Å². The molecule has 0 spiro atoms. The van der Waals surface area contributed by atoms with Gasteiger partial charge in [-0.3, -0.25) is 14.2 Å². The minimum atomic E-state index is -0.437. The summed E-state index contributed by atoms with van der Waals surface area (Å²) in [5.41, 5.74) is -0.240. The molecule has 0 fully saturated rings. The van der Waals surface area contributed by atoms with Gasteiger partial charge in [-0.05, 0) is 37.0 Å². The molecule has 120 valence electrons. The summed E-state index contributed by atoms with van der Waals surface area (Å²) in [7, 11) is 0. The number of nitrogens with zero attached hydrogens (tertiary/aromatic N) is 1. The van der Waals surface area contributed by atoms with Crippen LogP contribution in [0.15, 0.2) is 10.9 Å². The Bertz CT molecular complexity index is 786. The van der Waals surface area contributed by atoms with Crippen molar-refractivity contribution in [2.24, 2.45) is 5.92 Å². The molecule has 0 saturated carbocycles. The van der Waals surface area contributed by atoms with Gasteiger partial charge in [-0.1, -0.05) is 20.8 Å². The first-order valence-corrected chi connectivity index (χ1v) is 8.56. The summed E-state index contributed by atoms with van der Waals surface area (Å²) in [5, 5.41) is 0.574. The fourth-order valence-electron chi connectivity index (χ4n) is 2.00. The predicted octanol–water partition coefficient (Wildman–Crippen LogP) is 3.27. The molecule has 2 aromatic rings. The third-order valence-electron chi connectivity index (χ3n) is 3.32. The molecule has 0 aliphatic heterocycles. The number of ether oxygens (including phenoxy) is 1. The second-order valence-corrected chi connectivity index (χ2v) is 7.06. The number of nitrogens with one attached hydrogen (secondary N) is 1. The molecule has 2 aromatic heterocycles. The highest BCUT2D eigenvalue weighted by molar-refractivity contribution is 7.71. The van der Waals surface area contributed by atoms with Gasteiger partial charge in [-0.2, -0.15) is 0 Å². The second kappa shape index (κ2) is 7.19. The van der Waals surface area contributed by atoms with Crippen molar-refractivity contribution in [2.75, 3.05) is 6.61 Å². The molecule has 0 unspecified atom stereocenters. The van der Waals surface area contributed by atoms with Crippen molar-refractivity contribution in [1.82, 2.24) is 9.55 Å². The van der Waals surface area contributed by atoms with Crippen LogP contribution in [-0.4, -0.2) is 22.1 Å². The summed E-state index contributed by atoms with van der Waals surface area (Å²) in [4.78, 5) is 29.2. The lowest BCUT2D eigenvalue weighted by molar-refractivity contribution is -0.144. The topological polar surface area (TPSA) is 64.1 Å². The standard InChI is InChI=1S/C15H20N2O3S2/c1-4-10-7-11-13(22-10)16-15(21)17(14(11)19)8-12(18)20-6-5-9(2)3/h7,9H,4-6,8H2,1-3H3,(H,16,21). The highest BCUT2D eigenvalue weighted by atomic mass is 32.1. The van der Waals surface area contributed by atoms with E-state index >= 15 is 0 Å². The molecule has 2 rings (SSSR count). The lowest BCUT2D eigenvalue weighted by atomic mass is 10.1. The molecule has 7 heteroatoms. The number of esters is 1. The van der Waals surface area contributed by atoms with Crippen LogP contribution in [0.1, 0.15) is 32.1 Å². The van der Waals surface area contributed by atoms with Gasteiger partial charge >= 0.3 is 5.97 Å². The minimum Gasteiger partial charge on any atom is -0.464 e. The first-order chi connectivity index (χ1) is 10.4. The smallest absolute Gasteiger partial charge is 0.326 e. The Morgan fingerprint density at radius 3 is 2.86 bits per heavy atom. The van der Waals surface area contributed by atoms with Crippen LogP contribution >= 0.6 is 23.6 Å². The molecule has 0 saturated heterocycles. The Morgan fingerprint density at radius 1 is 1.50 bits per heavy atom. The van der Waals surface area contributed by atoms with Gasteiger partial charge in [0.2, 0.25) is 0 Å². The van der Waals surface area contributed by atoms with Crippen molar-refractivity contribution in [3.05, 3.63) is 26.1 Å². The SMILES string of the molecule is CCc1cc2c(=O)n(CC(=O)OCCC(C)C)c(=S)[nH]c2s1. The zero-order valence-electron chi connectivity index (χ0n) is 13.0. The molecule has 1 N–H and O–H groups in total. The zero-order chi connectivity index (χ0) is 16.3. The van der Waals surface area contributed by atoms with Crippen molar-refractivity contribution in [3.63, 3.8) is 0 Å². The second-order valence-electron chi connectivity index (χ2n) is 5.53. The fraction of sp³-hybridized carbons (Fsp3) is 0.533. The summed E-state index contributed by atoms with van der Waals surface area (Å²) in [6, 6.07) is 1.86. The normalized spacial score (nSPS) is 11.3. The zero-order valence-corrected chi connectivity index (χ0v) is 14.6. The van der Waals surface area contributed by atoms with E-state index in [1.807, 2.05) is 13.0 Å². The Morgan fingerprint density at radius 2 is 2.23 bits per heavy atom. The van der Waals surface area contributed by atoms with E-state index < -0.39 is 5.97 Å². The highest BCUT2D eigenvalue weighted by Crippen LogP contribution is 2.21. The summed E-state index contributed by atoms with van der Waals surface area (Å²) < 4.78 is 6.67. The third kappa shape index (κ3) is 3.84. The lowest BCUT2D eigenvalue weighted by Crippen LogP contribution is -2.26. The average Bonchev–Trinajstić information content (AvgIpc) is 2.86. The summed E-state index contributed by atoms with van der Waals surface area (Å²) in [6.45, 7) is 6.36. The molecule has 2 heterocycles. The fourth-order valence-corrected chi connectivity index (χ4v) is 3.30. The van der Waals surface area contributed by atoms with E-state index in [1.54, 1.807) is 0 Å². The van der Waals surface area contributed by atoms with E-state index in [-0.39, 0.29) is 16.9 Å². The monoisotopic (exact) mass is 340 g/mol. The maximum absolute atomic E-state index is 12.5. The number of fused-ring (bicyclic) bond motifs is 1. The third-order valence-corrected chi connectivity index (χ3v) is 4.84. The molecular formula is C15H20N2O3S2. The van der Waals surface area contributed by atoms with Gasteiger partial charge in [0.25, 0.3) is 5.56 Å². The molecule has 22 heavy (non-hydrogen) atoms. The van der Waals surface area contributed by atoms with Gasteiger partial charge in [0.05, 0.1) is 12.0 Å². The van der Waals surface area contributed by atoms with Gasteiger partial charge < -0.3 is 9.72 Å². The number of thiophene rings is 1. The number of hydrogen-bond acceptors (Lipinski definition) is 5. The maximum atomic E-state index is 12.5. The van der Waals surface area contributed by atoms with E-state index in [0.29, 0.717) is 17.9 Å². The van der Waals surface area contributed by atoms with Gasteiger partial charge in [0.15, 0.2) is 4.77 Å². The van der Waals surface area contributed by atoms with Crippen molar-refractivity contribution in [1.29, 1.82) is 0 Å². The number of carbonyl (C=O) groups is 1. The van der Waals surface area contributed by atoms with Crippen molar-refractivity contribution < 1.29 is 9.53 Å². The number of aromatic amines is 1. The molecule has 0 atom stereocenters. The van der Waals surface area contributed by atoms with Crippen molar-refractivity contribution in [3.8, 4) is 0 Å². The minimum absolute atomic E-state index is 0.153. The summed E-state index contributed by atoms with van der Waals surface area (Å²) >= 11 is 6.71. The molecule has 0 bridgehead atoms. The summed E-state index contributed by atoms with van der Waals surface area (Å²) in [6.07, 6.45) is 1.66. The van der Waals surface area contributed by atoms with E-state index in [2.05, 4.69) is 18.8 Å². The molecule has 0 aromatic carbocycles. The Balaban J connectivity index is 2.22. The number of hydrogen-bond donors (Lipinski definition) is 1. The first-order valence-electron chi connectivity index (χ1n) is 7.33. The largest absolute Gasteiger partial charge is 0.464 e. The molecule has 0 aliphatic carbocycles. The van der Waals surface area contributed by atoms with Crippen LogP contribution < -0.4 is 5.56 Å². The molecule has 0 radical (unpaired) electrons. The van der Waals surface area contributed by atoms with Crippen LogP contribution in [-0.2, 0) is 22.5 Å². The number of aromatic nitrogens is 2. The molecular weight excluding hydrogens is 320 g/mol. The summed E-state index contributed by atoms with van der Waals surface area (Å²) in [5.74, 6) is 0.0283. The quantitative estimate of drug-likeness (QED) is 0.647. The molecule has 0 aliphatic rings. The van der Waals surface area contributed by atoms with Gasteiger partial charge in [0.1, 0.15) is 11.4 Å². The van der Waals surface area contributed by atoms with Gasteiger partial charge in [-0.15, -0.1) is 11.3 Å². The van der Waals surface area contributed by atoms with Crippen LogP contribution in [0.3, 0.4) is 0 Å². The van der Waals surface area contributed by atoms with Crippen LogP contribution in [0.4, 0.5) is 0 Å². The molecule has 0 amide bonds. The first kappa shape index (κ1) is 16.9. The Labute approximate surface area is 137 Å². The highest BCUT2D eigenvalue weighted by Gasteiger charge is 2.13. The average molecular weight is 340 g/mol. The number of rotatable bonds is 6. The predicted molar refractivity (Wildman–Crippen MR) is 91.1 cm³/mol. The van der Waals surface area contributed by atoms with Crippen LogP contribution in [0, 0.1) is 10.7 Å². The van der Waals surface area contributed by atoms with E-state index in [0.717, 1.165) is 22.5 Å². The maximum Gasteiger partial charge on any atom is 0.326 e. The van der Waals surface area contributed by atoms with Crippen molar-refractivity contribution >= 4 is 39.7 Å². The van der Waals surface area contributed by atoms with Crippen LogP contribution in [0.2, 0.25) is 0 Å². The Kier molecular flexibility index (Phi) is 5.52. The molecule has 5 nitrogen and oxygen atoms in total. The van der Waals surface area contributed by atoms with Crippen LogP contribution in [0.25, 0.3) is 10.2 Å². The number of carbonyl (C=O) groups excluding carboxylic acids is 1. The van der Waals surface area contributed by atoms with Gasteiger partial charge in [0, 0.05) is 4.88 Å². The van der Waals surface area contributed by atoms with Crippen LogP contribution in [0.5, 0.6) is 0 Å². The van der Waals surface area contributed by atoms with Gasteiger partial charge in [-0.25, -0.2) is 0 Å². The number of H-pyrrole nitrogens is 1. The number of aryl methyl sites for hydroxylation is 1. The Hall–Kier alpha value is -1.47.